The van der Waals surface area contributed by atoms with Gasteiger partial charge in [0.2, 0.25) is 0 Å². The Morgan fingerprint density at radius 1 is 1.03 bits per heavy atom. The number of nitrogens with zero attached hydrogens (tertiary/aromatic N) is 2. The third kappa shape index (κ3) is 5.18. The maximum Gasteiger partial charge on any atom is 0.295 e. The minimum atomic E-state index is -0.731. The van der Waals surface area contributed by atoms with Gasteiger partial charge < -0.3 is 14.7 Å². The molecule has 1 saturated heterocycles. The topological polar surface area (TPSA) is 79.7 Å². The molecule has 6 nitrogen and oxygen atoms in total. The molecule has 0 bridgehead atoms. The van der Waals surface area contributed by atoms with Crippen LogP contribution >= 0.6 is 0 Å². The molecular weight excluding hydrogens is 452 g/mol. The van der Waals surface area contributed by atoms with E-state index in [1.54, 1.807) is 42.7 Å². The molecule has 1 fully saturated rings. The monoisotopic (exact) mass is 484 g/mol. The van der Waals surface area contributed by atoms with Crippen LogP contribution in [0, 0.1) is 0 Å². The molecule has 1 N–H and O–H groups in total. The zero-order valence-corrected chi connectivity index (χ0v) is 21.4. The number of benzene rings is 2. The van der Waals surface area contributed by atoms with Gasteiger partial charge in [-0.2, -0.15) is 0 Å². The Kier molecular flexibility index (Phi) is 6.97. The summed E-state index contributed by atoms with van der Waals surface area (Å²) in [5.74, 6) is -0.898. The van der Waals surface area contributed by atoms with Crippen molar-refractivity contribution >= 4 is 17.4 Å². The van der Waals surface area contributed by atoms with Gasteiger partial charge in [0, 0.05) is 24.5 Å². The standard InChI is InChI=1S/C30H32N2O4/c1-19(2)36-24-14-10-22(11-15-24)27(33)25-26(21-8-12-23(13-9-21)30(3,4)5)32(29(35)28(25)34)18-20-7-6-16-31-17-20/h6-17,19,26,33H,18H2,1-5H3/t26-/m1/s1. The molecule has 1 atom stereocenters. The first kappa shape index (κ1) is 25.2. The molecule has 1 aliphatic rings. The summed E-state index contributed by atoms with van der Waals surface area (Å²) in [6, 6.07) is 17.7. The van der Waals surface area contributed by atoms with Gasteiger partial charge in [-0.3, -0.25) is 14.6 Å². The Morgan fingerprint density at radius 3 is 2.25 bits per heavy atom. The molecule has 2 heterocycles. The zero-order valence-electron chi connectivity index (χ0n) is 21.4. The Hall–Kier alpha value is -3.93. The molecular formula is C30H32N2O4. The quantitative estimate of drug-likeness (QED) is 0.272. The number of ketones is 1. The van der Waals surface area contributed by atoms with Gasteiger partial charge in [0.05, 0.1) is 17.7 Å². The van der Waals surface area contributed by atoms with Crippen LogP contribution in [0.25, 0.3) is 5.76 Å². The number of hydrogen-bond acceptors (Lipinski definition) is 5. The number of ether oxygens (including phenoxy) is 1. The highest BCUT2D eigenvalue weighted by atomic mass is 16.5. The van der Waals surface area contributed by atoms with Crippen LogP contribution in [0.15, 0.2) is 78.6 Å². The Bertz CT molecular complexity index is 1270. The molecule has 1 aliphatic heterocycles. The molecule has 186 valence electrons. The minimum Gasteiger partial charge on any atom is -0.507 e. The van der Waals surface area contributed by atoms with Crippen molar-refractivity contribution in [3.05, 3.63) is 101 Å². The van der Waals surface area contributed by atoms with E-state index in [2.05, 4.69) is 25.8 Å². The zero-order chi connectivity index (χ0) is 26.0. The second-order valence-corrected chi connectivity index (χ2v) is 10.4. The van der Waals surface area contributed by atoms with Gasteiger partial charge in [0.1, 0.15) is 11.5 Å². The Morgan fingerprint density at radius 2 is 1.69 bits per heavy atom. The molecule has 6 heteroatoms. The second kappa shape index (κ2) is 9.97. The first-order chi connectivity index (χ1) is 17.1. The van der Waals surface area contributed by atoms with E-state index in [4.69, 9.17) is 4.74 Å². The number of aliphatic hydroxyl groups excluding tert-OH is 1. The average Bonchev–Trinajstić information content (AvgIpc) is 3.09. The lowest BCUT2D eigenvalue weighted by molar-refractivity contribution is -0.140. The van der Waals surface area contributed by atoms with Crippen molar-refractivity contribution in [3.63, 3.8) is 0 Å². The largest absolute Gasteiger partial charge is 0.507 e. The van der Waals surface area contributed by atoms with Crippen molar-refractivity contribution in [3.8, 4) is 5.75 Å². The van der Waals surface area contributed by atoms with Gasteiger partial charge in [-0.25, -0.2) is 0 Å². The lowest BCUT2D eigenvalue weighted by Crippen LogP contribution is -2.29. The summed E-state index contributed by atoms with van der Waals surface area (Å²) < 4.78 is 5.69. The van der Waals surface area contributed by atoms with E-state index in [0.717, 1.165) is 16.7 Å². The number of hydrogen-bond donors (Lipinski definition) is 1. The molecule has 1 aromatic heterocycles. The van der Waals surface area contributed by atoms with E-state index in [0.29, 0.717) is 11.3 Å². The van der Waals surface area contributed by atoms with Gasteiger partial charge in [-0.05, 0) is 66.3 Å². The van der Waals surface area contributed by atoms with E-state index in [-0.39, 0.29) is 29.4 Å². The molecule has 0 aliphatic carbocycles. The van der Waals surface area contributed by atoms with Crippen molar-refractivity contribution in [1.82, 2.24) is 9.88 Å². The first-order valence-electron chi connectivity index (χ1n) is 12.1. The summed E-state index contributed by atoms with van der Waals surface area (Å²) in [5, 5.41) is 11.3. The lowest BCUT2D eigenvalue weighted by atomic mass is 9.85. The molecule has 0 radical (unpaired) electrons. The van der Waals surface area contributed by atoms with E-state index in [1.165, 1.54) is 4.90 Å². The van der Waals surface area contributed by atoms with E-state index >= 15 is 0 Å². The number of carbonyl (C=O) groups is 2. The maximum atomic E-state index is 13.3. The van der Waals surface area contributed by atoms with E-state index < -0.39 is 17.7 Å². The number of likely N-dealkylation sites (tertiary alicyclic amines) is 1. The highest BCUT2D eigenvalue weighted by Gasteiger charge is 2.46. The van der Waals surface area contributed by atoms with E-state index in [9.17, 15) is 14.7 Å². The fraction of sp³-hybridized carbons (Fsp3) is 0.300. The third-order valence-corrected chi connectivity index (χ3v) is 6.21. The van der Waals surface area contributed by atoms with Crippen molar-refractivity contribution in [2.45, 2.75) is 58.7 Å². The average molecular weight is 485 g/mol. The van der Waals surface area contributed by atoms with Crippen LogP contribution in [0.3, 0.4) is 0 Å². The SMILES string of the molecule is CC(C)Oc1ccc(C(O)=C2C(=O)C(=O)N(Cc3cccnc3)[C@@H]2c2ccc(C(C)(C)C)cc2)cc1. The molecule has 4 rings (SSSR count). The van der Waals surface area contributed by atoms with Crippen molar-refractivity contribution in [2.24, 2.45) is 0 Å². The van der Waals surface area contributed by atoms with Crippen LogP contribution in [-0.2, 0) is 21.5 Å². The predicted molar refractivity (Wildman–Crippen MR) is 139 cm³/mol. The van der Waals surface area contributed by atoms with Gasteiger partial charge in [-0.15, -0.1) is 0 Å². The predicted octanol–water partition coefficient (Wildman–Crippen LogP) is 5.79. The fourth-order valence-electron chi connectivity index (χ4n) is 4.36. The number of carbonyl (C=O) groups excluding carboxylic acids is 2. The normalized spacial score (nSPS) is 17.6. The van der Waals surface area contributed by atoms with Gasteiger partial charge >= 0.3 is 0 Å². The fourth-order valence-corrected chi connectivity index (χ4v) is 4.36. The third-order valence-electron chi connectivity index (χ3n) is 6.21. The van der Waals surface area contributed by atoms with Crippen molar-refractivity contribution in [2.75, 3.05) is 0 Å². The molecule has 0 unspecified atom stereocenters. The molecule has 36 heavy (non-hydrogen) atoms. The summed E-state index contributed by atoms with van der Waals surface area (Å²) >= 11 is 0. The van der Waals surface area contributed by atoms with Gasteiger partial charge in [-0.1, -0.05) is 51.1 Å². The van der Waals surface area contributed by atoms with E-state index in [1.807, 2.05) is 44.2 Å². The van der Waals surface area contributed by atoms with Crippen LogP contribution in [0.5, 0.6) is 5.75 Å². The number of amides is 1. The minimum absolute atomic E-state index is 0.0123. The summed E-state index contributed by atoms with van der Waals surface area (Å²) in [6.07, 6.45) is 3.35. The molecule has 0 spiro atoms. The molecule has 1 amide bonds. The number of Topliss-reactive ketones (excluding diaryl/α,β-unsaturated/α-hetero) is 1. The number of aliphatic hydroxyl groups is 1. The number of rotatable bonds is 6. The molecule has 2 aromatic carbocycles. The highest BCUT2D eigenvalue weighted by Crippen LogP contribution is 2.41. The molecule has 0 saturated carbocycles. The maximum absolute atomic E-state index is 13.3. The number of aromatic nitrogens is 1. The Balaban J connectivity index is 1.80. The smallest absolute Gasteiger partial charge is 0.295 e. The summed E-state index contributed by atoms with van der Waals surface area (Å²) in [5.41, 5.74) is 3.16. The van der Waals surface area contributed by atoms with Crippen molar-refractivity contribution in [1.29, 1.82) is 0 Å². The number of pyridine rings is 1. The molecule has 3 aromatic rings. The summed E-state index contributed by atoms with van der Waals surface area (Å²) in [6.45, 7) is 10.4. The van der Waals surface area contributed by atoms with Gasteiger partial charge in [0.25, 0.3) is 11.7 Å². The van der Waals surface area contributed by atoms with Crippen LogP contribution in [0.2, 0.25) is 0 Å². The second-order valence-electron chi connectivity index (χ2n) is 10.4. The van der Waals surface area contributed by atoms with Crippen LogP contribution in [0.1, 0.15) is 62.9 Å². The van der Waals surface area contributed by atoms with Crippen molar-refractivity contribution < 1.29 is 19.4 Å². The van der Waals surface area contributed by atoms with Crippen LogP contribution in [-0.4, -0.2) is 32.8 Å². The van der Waals surface area contributed by atoms with Crippen LogP contribution in [0.4, 0.5) is 0 Å². The lowest BCUT2D eigenvalue weighted by Gasteiger charge is -2.26. The van der Waals surface area contributed by atoms with Crippen LogP contribution < -0.4 is 4.74 Å². The highest BCUT2D eigenvalue weighted by molar-refractivity contribution is 6.46. The van der Waals surface area contributed by atoms with Gasteiger partial charge in [0.15, 0.2) is 0 Å². The first-order valence-corrected chi connectivity index (χ1v) is 12.1. The summed E-state index contributed by atoms with van der Waals surface area (Å²) in [4.78, 5) is 32.2. The summed E-state index contributed by atoms with van der Waals surface area (Å²) in [7, 11) is 0. The Labute approximate surface area is 212 Å².